The van der Waals surface area contributed by atoms with E-state index < -0.39 is 0 Å². The fourth-order valence-electron chi connectivity index (χ4n) is 11.7. The number of nitrogens with zero attached hydrogens (tertiary/aromatic N) is 2. The van der Waals surface area contributed by atoms with Gasteiger partial charge in [0.2, 0.25) is 0 Å². The number of benzene rings is 9. The highest BCUT2D eigenvalue weighted by molar-refractivity contribution is 6.13. The highest BCUT2D eigenvalue weighted by atomic mass is 16.5. The average molecular weight is 925 g/mol. The van der Waals surface area contributed by atoms with E-state index in [0.29, 0.717) is 0 Å². The van der Waals surface area contributed by atoms with Crippen LogP contribution < -0.4 is 14.5 Å². The van der Waals surface area contributed by atoms with E-state index in [2.05, 4.69) is 247 Å². The molecule has 0 radical (unpaired) electrons. The van der Waals surface area contributed by atoms with Crippen molar-refractivity contribution in [1.29, 1.82) is 0 Å². The number of anilines is 6. The lowest BCUT2D eigenvalue weighted by atomic mass is 9.80. The van der Waals surface area contributed by atoms with Crippen molar-refractivity contribution in [1.82, 2.24) is 0 Å². The molecule has 5 nitrogen and oxygen atoms in total. The molecule has 2 atom stereocenters. The monoisotopic (exact) mass is 924 g/mol. The lowest BCUT2D eigenvalue weighted by Gasteiger charge is -2.30. The number of rotatable bonds is 6. The van der Waals surface area contributed by atoms with Gasteiger partial charge in [-0.15, -0.1) is 0 Å². The van der Waals surface area contributed by atoms with Crippen molar-refractivity contribution in [2.75, 3.05) is 9.80 Å². The first-order valence-corrected chi connectivity index (χ1v) is 25.0. The minimum absolute atomic E-state index is 0.0175. The van der Waals surface area contributed by atoms with Crippen molar-refractivity contribution in [3.8, 4) is 5.75 Å². The van der Waals surface area contributed by atoms with Crippen LogP contribution >= 0.6 is 0 Å². The molecular formula is C66H56N2O3. The van der Waals surface area contributed by atoms with Crippen molar-refractivity contribution in [2.24, 2.45) is 0 Å². The molecule has 2 aromatic heterocycles. The van der Waals surface area contributed by atoms with E-state index >= 15 is 0 Å². The Bertz CT molecular complexity index is 4000. The second kappa shape index (κ2) is 15.7. The molecule has 3 heterocycles. The van der Waals surface area contributed by atoms with Crippen LogP contribution in [0.15, 0.2) is 185 Å². The first-order valence-electron chi connectivity index (χ1n) is 25.0. The number of hydrogen-bond acceptors (Lipinski definition) is 5. The molecule has 0 spiro atoms. The first kappa shape index (κ1) is 43.0. The molecule has 0 amide bonds. The summed E-state index contributed by atoms with van der Waals surface area (Å²) in [5, 5.41) is 6.85. The largest absolute Gasteiger partial charge is 0.485 e. The van der Waals surface area contributed by atoms with E-state index in [1.54, 1.807) is 0 Å². The molecule has 1 aliphatic carbocycles. The molecule has 0 fully saturated rings. The van der Waals surface area contributed by atoms with Crippen LogP contribution in [-0.4, -0.2) is 6.10 Å². The third-order valence-electron chi connectivity index (χ3n) is 15.1. The Morgan fingerprint density at radius 1 is 0.437 bits per heavy atom. The van der Waals surface area contributed by atoms with Gasteiger partial charge in [-0.1, -0.05) is 163 Å². The Hall–Kier alpha value is -8.02. The maximum absolute atomic E-state index is 7.00. The average Bonchev–Trinajstić information content (AvgIpc) is 4.07. The minimum atomic E-state index is -0.116. The van der Waals surface area contributed by atoms with E-state index in [0.717, 1.165) is 89.1 Å². The van der Waals surface area contributed by atoms with Gasteiger partial charge < -0.3 is 23.4 Å². The second-order valence-corrected chi connectivity index (χ2v) is 21.7. The van der Waals surface area contributed by atoms with Gasteiger partial charge in [-0.25, -0.2) is 0 Å². The van der Waals surface area contributed by atoms with E-state index in [1.165, 1.54) is 44.3 Å². The van der Waals surface area contributed by atoms with Crippen molar-refractivity contribution < 1.29 is 13.6 Å². The topological polar surface area (TPSA) is 42.0 Å². The van der Waals surface area contributed by atoms with Crippen molar-refractivity contribution >= 4 is 94.8 Å². The van der Waals surface area contributed by atoms with E-state index in [4.69, 9.17) is 13.6 Å². The van der Waals surface area contributed by atoms with Gasteiger partial charge in [0.25, 0.3) is 0 Å². The van der Waals surface area contributed by atoms with E-state index in [1.807, 2.05) is 0 Å². The van der Waals surface area contributed by atoms with Gasteiger partial charge in [-0.05, 0) is 118 Å². The predicted octanol–water partition coefficient (Wildman–Crippen LogP) is 18.7. The van der Waals surface area contributed by atoms with Crippen molar-refractivity contribution in [3.63, 3.8) is 0 Å². The molecule has 2 unspecified atom stereocenters. The van der Waals surface area contributed by atoms with Gasteiger partial charge in [-0.2, -0.15) is 0 Å². The van der Waals surface area contributed by atoms with Crippen LogP contribution in [0.4, 0.5) is 34.1 Å². The molecule has 1 aliphatic heterocycles. The van der Waals surface area contributed by atoms with Gasteiger partial charge in [0.15, 0.2) is 11.2 Å². The van der Waals surface area contributed by atoms with Gasteiger partial charge in [0, 0.05) is 61.0 Å². The molecule has 5 heteroatoms. The molecule has 0 saturated carbocycles. The summed E-state index contributed by atoms with van der Waals surface area (Å²) in [7, 11) is 0. The molecule has 2 aliphatic rings. The summed E-state index contributed by atoms with van der Waals surface area (Å²) in [6.45, 7) is 17.9. The predicted molar refractivity (Wildman–Crippen MR) is 296 cm³/mol. The standard InChI is InChI=1S/C66H56N2O3/c1-39-17-9-11-25-53(39)67(55-27-15-21-49-47-19-13-23-51(65(3,4)5)61(47)70-63(49)55)43-31-33-45-41(37-43)29-35-57-59(45)60-46-34-32-44(38-42(46)30-36-58(60)69-57)68(54-26-12-10-18-40(54)2)56-28-16-22-50-48-20-14-24-52(66(6,7)8)62(48)71-64(50)56/h9-38,57,59H,1-8H3. The highest BCUT2D eigenvalue weighted by Gasteiger charge is 2.39. The van der Waals surface area contributed by atoms with Crippen LogP contribution in [0.3, 0.4) is 0 Å². The number of ether oxygens (including phenoxy) is 1. The maximum Gasteiger partial charge on any atom is 0.159 e. The Kier molecular flexibility index (Phi) is 9.54. The SMILES string of the molecule is Cc1ccccc1N(c1ccc2c(c1)C=CC1Oc3ccc4cc(N(c5ccccc5C)c5cccc6c5oc5c(C(C)(C)C)cccc56)ccc4c3C21)c1cccc2c1oc1c(C(C)(C)C)cccc12. The van der Waals surface area contributed by atoms with Gasteiger partial charge in [0.05, 0.1) is 17.3 Å². The Balaban J connectivity index is 0.934. The molecule has 0 N–H and O–H groups in total. The van der Waals surface area contributed by atoms with Crippen LogP contribution in [0.2, 0.25) is 0 Å². The number of aryl methyl sites for hydroxylation is 2. The minimum Gasteiger partial charge on any atom is -0.485 e. The number of furan rings is 2. The molecule has 0 bridgehead atoms. The summed E-state index contributed by atoms with van der Waals surface area (Å²) < 4.78 is 20.8. The van der Waals surface area contributed by atoms with Gasteiger partial charge in [0.1, 0.15) is 23.0 Å². The van der Waals surface area contributed by atoms with Crippen LogP contribution in [0.1, 0.15) is 86.4 Å². The Labute approximate surface area is 415 Å². The quantitative estimate of drug-likeness (QED) is 0.166. The highest BCUT2D eigenvalue weighted by Crippen LogP contribution is 2.53. The molecule has 11 aromatic rings. The first-order chi connectivity index (χ1) is 34.3. The van der Waals surface area contributed by atoms with Crippen LogP contribution in [0, 0.1) is 13.8 Å². The summed E-state index contributed by atoms with van der Waals surface area (Å²) in [5.41, 5.74) is 18.3. The smallest absolute Gasteiger partial charge is 0.159 e. The molecular weight excluding hydrogens is 869 g/mol. The normalized spacial score (nSPS) is 15.4. The fraction of sp³-hybridized carbons (Fsp3) is 0.182. The van der Waals surface area contributed by atoms with Crippen LogP contribution in [-0.2, 0) is 10.8 Å². The molecule has 71 heavy (non-hydrogen) atoms. The molecule has 348 valence electrons. The zero-order chi connectivity index (χ0) is 48.5. The number of hydrogen-bond donors (Lipinski definition) is 0. The summed E-state index contributed by atoms with van der Waals surface area (Å²) >= 11 is 0. The zero-order valence-corrected chi connectivity index (χ0v) is 41.6. The Morgan fingerprint density at radius 3 is 1.48 bits per heavy atom. The third-order valence-corrected chi connectivity index (χ3v) is 15.1. The third kappa shape index (κ3) is 6.73. The van der Waals surface area contributed by atoms with E-state index in [9.17, 15) is 0 Å². The molecule has 9 aromatic carbocycles. The summed E-state index contributed by atoms with van der Waals surface area (Å²) in [6.07, 6.45) is 4.39. The summed E-state index contributed by atoms with van der Waals surface area (Å²) in [6, 6.07) is 61.7. The van der Waals surface area contributed by atoms with Crippen LogP contribution in [0.5, 0.6) is 5.75 Å². The van der Waals surface area contributed by atoms with Crippen molar-refractivity contribution in [2.45, 2.75) is 78.2 Å². The summed E-state index contributed by atoms with van der Waals surface area (Å²) in [5.74, 6) is 0.955. The van der Waals surface area contributed by atoms with E-state index in [-0.39, 0.29) is 22.9 Å². The number of fused-ring (bicyclic) bond motifs is 13. The lowest BCUT2D eigenvalue weighted by Crippen LogP contribution is -2.21. The maximum atomic E-state index is 7.00. The van der Waals surface area contributed by atoms with Gasteiger partial charge >= 0.3 is 0 Å². The summed E-state index contributed by atoms with van der Waals surface area (Å²) in [4.78, 5) is 4.75. The van der Waals surface area contributed by atoms with Crippen LogP contribution in [0.25, 0.3) is 60.7 Å². The fourth-order valence-corrected chi connectivity index (χ4v) is 11.7. The molecule has 0 saturated heterocycles. The van der Waals surface area contributed by atoms with Gasteiger partial charge in [-0.3, -0.25) is 0 Å². The Morgan fingerprint density at radius 2 is 0.930 bits per heavy atom. The molecule has 13 rings (SSSR count). The lowest BCUT2D eigenvalue weighted by molar-refractivity contribution is 0.267. The zero-order valence-electron chi connectivity index (χ0n) is 41.6. The van der Waals surface area contributed by atoms with Crippen molar-refractivity contribution in [3.05, 3.63) is 215 Å². The second-order valence-electron chi connectivity index (χ2n) is 21.7. The number of para-hydroxylation sites is 6.